The summed E-state index contributed by atoms with van der Waals surface area (Å²) in [6, 6.07) is 11.3. The molecule has 29 heavy (non-hydrogen) atoms. The zero-order valence-electron chi connectivity index (χ0n) is 15.1. The fourth-order valence-electron chi connectivity index (χ4n) is 2.60. The van der Waals surface area contributed by atoms with Gasteiger partial charge in [-0.25, -0.2) is 18.4 Å². The molecule has 0 radical (unpaired) electrons. The molecule has 2 N–H and O–H groups in total. The molecule has 0 unspecified atom stereocenters. The summed E-state index contributed by atoms with van der Waals surface area (Å²) in [5.74, 6) is 0.764. The van der Waals surface area contributed by atoms with E-state index in [-0.39, 0.29) is 15.9 Å². The first-order valence-corrected chi connectivity index (χ1v) is 11.2. The summed E-state index contributed by atoms with van der Waals surface area (Å²) in [7, 11) is -3.80. The SMILES string of the molecule is CCc1cc2c(Nc3ccc(S(=O)(=O)Nc4ccc(Cl)nn4)cc3)ncnc2s1. The van der Waals surface area contributed by atoms with E-state index in [1.54, 1.807) is 23.5 Å². The molecular weight excluding hydrogens is 432 g/mol. The van der Waals surface area contributed by atoms with E-state index in [2.05, 4.69) is 43.2 Å². The highest BCUT2D eigenvalue weighted by Crippen LogP contribution is 2.30. The Bertz CT molecular complexity index is 1260. The number of sulfonamides is 1. The maximum atomic E-state index is 12.5. The van der Waals surface area contributed by atoms with Gasteiger partial charge in [-0.2, -0.15) is 0 Å². The number of hydrogen-bond acceptors (Lipinski definition) is 8. The molecule has 4 aromatic rings. The van der Waals surface area contributed by atoms with Gasteiger partial charge in [-0.3, -0.25) is 4.72 Å². The van der Waals surface area contributed by atoms with Gasteiger partial charge in [0.1, 0.15) is 17.0 Å². The Morgan fingerprint density at radius 3 is 2.55 bits per heavy atom. The molecule has 0 bridgehead atoms. The number of fused-ring (bicyclic) bond motifs is 1. The van der Waals surface area contributed by atoms with Crippen LogP contribution in [0.25, 0.3) is 10.2 Å². The summed E-state index contributed by atoms with van der Waals surface area (Å²) < 4.78 is 27.4. The van der Waals surface area contributed by atoms with Crippen LogP contribution in [0.4, 0.5) is 17.3 Å². The van der Waals surface area contributed by atoms with Crippen LogP contribution in [0.2, 0.25) is 5.15 Å². The number of aromatic nitrogens is 4. The van der Waals surface area contributed by atoms with Crippen LogP contribution in [-0.2, 0) is 16.4 Å². The number of hydrogen-bond donors (Lipinski definition) is 2. The molecule has 0 aliphatic rings. The van der Waals surface area contributed by atoms with Crippen molar-refractivity contribution in [3.8, 4) is 0 Å². The lowest BCUT2D eigenvalue weighted by Crippen LogP contribution is -2.14. The zero-order valence-corrected chi connectivity index (χ0v) is 17.5. The number of nitrogens with zero attached hydrogens (tertiary/aromatic N) is 4. The molecule has 0 fully saturated rings. The highest BCUT2D eigenvalue weighted by atomic mass is 35.5. The Balaban J connectivity index is 1.55. The van der Waals surface area contributed by atoms with E-state index in [0.717, 1.165) is 16.6 Å². The van der Waals surface area contributed by atoms with Crippen LogP contribution < -0.4 is 10.0 Å². The second-order valence-electron chi connectivity index (χ2n) is 6.00. The van der Waals surface area contributed by atoms with Crippen molar-refractivity contribution in [3.63, 3.8) is 0 Å². The third-order valence-electron chi connectivity index (χ3n) is 4.03. The molecule has 0 saturated carbocycles. The lowest BCUT2D eigenvalue weighted by molar-refractivity contribution is 0.601. The van der Waals surface area contributed by atoms with Crippen molar-refractivity contribution >= 4 is 60.5 Å². The van der Waals surface area contributed by atoms with Gasteiger partial charge >= 0.3 is 0 Å². The minimum absolute atomic E-state index is 0.0872. The maximum Gasteiger partial charge on any atom is 0.263 e. The normalized spacial score (nSPS) is 11.5. The van der Waals surface area contributed by atoms with E-state index >= 15 is 0 Å². The molecule has 0 aliphatic heterocycles. The average molecular weight is 447 g/mol. The van der Waals surface area contributed by atoms with Crippen molar-refractivity contribution in [2.45, 2.75) is 18.2 Å². The summed E-state index contributed by atoms with van der Waals surface area (Å²) in [5, 5.41) is 11.7. The number of thiophene rings is 1. The van der Waals surface area contributed by atoms with Crippen LogP contribution in [-0.4, -0.2) is 28.6 Å². The van der Waals surface area contributed by atoms with Crippen LogP contribution in [0.3, 0.4) is 0 Å². The Morgan fingerprint density at radius 1 is 1.07 bits per heavy atom. The van der Waals surface area contributed by atoms with E-state index < -0.39 is 10.0 Å². The predicted octanol–water partition coefficient (Wildman–Crippen LogP) is 4.24. The molecular formula is C18H15ClN6O2S2. The molecule has 0 saturated heterocycles. The predicted molar refractivity (Wildman–Crippen MR) is 114 cm³/mol. The summed E-state index contributed by atoms with van der Waals surface area (Å²) in [4.78, 5) is 10.8. The van der Waals surface area contributed by atoms with Gasteiger partial charge in [0, 0.05) is 10.6 Å². The van der Waals surface area contributed by atoms with Crippen molar-refractivity contribution in [2.24, 2.45) is 0 Å². The smallest absolute Gasteiger partial charge is 0.263 e. The maximum absolute atomic E-state index is 12.5. The fourth-order valence-corrected chi connectivity index (χ4v) is 4.63. The van der Waals surface area contributed by atoms with Gasteiger partial charge in [-0.05, 0) is 48.9 Å². The molecule has 0 aliphatic carbocycles. The Labute approximate surface area is 176 Å². The molecule has 148 valence electrons. The number of rotatable bonds is 6. The van der Waals surface area contributed by atoms with Crippen molar-refractivity contribution in [1.82, 2.24) is 20.2 Å². The molecule has 11 heteroatoms. The van der Waals surface area contributed by atoms with E-state index in [0.29, 0.717) is 11.5 Å². The number of halogens is 1. The van der Waals surface area contributed by atoms with Crippen LogP contribution in [0.1, 0.15) is 11.8 Å². The first-order valence-electron chi connectivity index (χ1n) is 8.57. The second-order valence-corrected chi connectivity index (χ2v) is 9.19. The monoisotopic (exact) mass is 446 g/mol. The number of anilines is 3. The van der Waals surface area contributed by atoms with E-state index in [9.17, 15) is 8.42 Å². The molecule has 8 nitrogen and oxygen atoms in total. The first-order chi connectivity index (χ1) is 13.9. The molecule has 4 rings (SSSR count). The van der Waals surface area contributed by atoms with Crippen molar-refractivity contribution < 1.29 is 8.42 Å². The van der Waals surface area contributed by atoms with Crippen molar-refractivity contribution in [1.29, 1.82) is 0 Å². The van der Waals surface area contributed by atoms with Crippen LogP contribution in [0, 0.1) is 0 Å². The minimum atomic E-state index is -3.80. The topological polar surface area (TPSA) is 110 Å². The minimum Gasteiger partial charge on any atom is -0.340 e. The molecule has 0 amide bonds. The summed E-state index contributed by atoms with van der Waals surface area (Å²) in [5.41, 5.74) is 0.708. The number of nitrogens with one attached hydrogen (secondary N) is 2. The third kappa shape index (κ3) is 4.29. The molecule has 3 aromatic heterocycles. The number of aryl methyl sites for hydroxylation is 1. The Morgan fingerprint density at radius 2 is 1.86 bits per heavy atom. The van der Waals surface area contributed by atoms with Gasteiger partial charge in [0.05, 0.1) is 10.3 Å². The van der Waals surface area contributed by atoms with E-state index in [1.165, 1.54) is 35.5 Å². The standard InChI is InChI=1S/C18H15ClN6O2S2/c1-2-12-9-14-17(20-10-21-18(14)28-12)22-11-3-5-13(6-4-11)29(26,27)25-16-8-7-15(19)23-24-16/h3-10H,2H2,1H3,(H,24,25)(H,20,21,22). The van der Waals surface area contributed by atoms with Crippen LogP contribution >= 0.6 is 22.9 Å². The van der Waals surface area contributed by atoms with Crippen molar-refractivity contribution in [3.05, 3.63) is 58.8 Å². The van der Waals surface area contributed by atoms with Crippen LogP contribution in [0.15, 0.2) is 53.7 Å². The largest absolute Gasteiger partial charge is 0.340 e. The summed E-state index contributed by atoms with van der Waals surface area (Å²) in [6.45, 7) is 2.09. The van der Waals surface area contributed by atoms with Gasteiger partial charge in [-0.15, -0.1) is 21.5 Å². The van der Waals surface area contributed by atoms with Gasteiger partial charge in [0.15, 0.2) is 11.0 Å². The highest BCUT2D eigenvalue weighted by Gasteiger charge is 2.15. The lowest BCUT2D eigenvalue weighted by atomic mass is 10.3. The molecule has 3 heterocycles. The highest BCUT2D eigenvalue weighted by molar-refractivity contribution is 7.92. The van der Waals surface area contributed by atoms with Crippen molar-refractivity contribution in [2.75, 3.05) is 10.0 Å². The molecule has 0 atom stereocenters. The summed E-state index contributed by atoms with van der Waals surface area (Å²) >= 11 is 7.30. The Kier molecular flexibility index (Phi) is 5.31. The van der Waals surface area contributed by atoms with Gasteiger partial charge in [-0.1, -0.05) is 18.5 Å². The van der Waals surface area contributed by atoms with Gasteiger partial charge in [0.25, 0.3) is 10.0 Å². The van der Waals surface area contributed by atoms with Gasteiger partial charge < -0.3 is 5.32 Å². The zero-order chi connectivity index (χ0) is 20.4. The molecule has 1 aromatic carbocycles. The van der Waals surface area contributed by atoms with E-state index in [4.69, 9.17) is 11.6 Å². The van der Waals surface area contributed by atoms with Crippen LogP contribution in [0.5, 0.6) is 0 Å². The molecule has 0 spiro atoms. The Hall–Kier alpha value is -2.82. The average Bonchev–Trinajstić information content (AvgIpc) is 3.15. The fraction of sp³-hybridized carbons (Fsp3) is 0.111. The van der Waals surface area contributed by atoms with E-state index in [1.807, 2.05) is 0 Å². The third-order valence-corrected chi connectivity index (χ3v) is 6.79. The van der Waals surface area contributed by atoms with Gasteiger partial charge in [0.2, 0.25) is 0 Å². The second kappa shape index (κ2) is 7.90. The quantitative estimate of drug-likeness (QED) is 0.455. The summed E-state index contributed by atoms with van der Waals surface area (Å²) in [6.07, 6.45) is 2.44. The lowest BCUT2D eigenvalue weighted by Gasteiger charge is -2.09. The number of benzene rings is 1. The first kappa shape index (κ1) is 19.5.